The summed E-state index contributed by atoms with van der Waals surface area (Å²) < 4.78 is 15.6. The number of halogens is 1. The molecule has 0 radical (unpaired) electrons. The van der Waals surface area contributed by atoms with Crippen molar-refractivity contribution in [1.82, 2.24) is 34.9 Å². The number of aromatic nitrogens is 4. The van der Waals surface area contributed by atoms with Crippen molar-refractivity contribution in [3.8, 4) is 0 Å². The molecule has 3 amide bonds. The highest BCUT2D eigenvalue weighted by Gasteiger charge is 2.34. The summed E-state index contributed by atoms with van der Waals surface area (Å²) in [7, 11) is 0. The van der Waals surface area contributed by atoms with Crippen LogP contribution in [0.3, 0.4) is 0 Å². The Morgan fingerprint density at radius 2 is 1.84 bits per heavy atom. The number of hydrogen-bond donors (Lipinski definition) is 2. The highest BCUT2D eigenvalue weighted by molar-refractivity contribution is 5.98. The van der Waals surface area contributed by atoms with Gasteiger partial charge in [0, 0.05) is 37.0 Å². The van der Waals surface area contributed by atoms with E-state index in [1.165, 1.54) is 12.1 Å². The molecule has 2 aliphatic heterocycles. The summed E-state index contributed by atoms with van der Waals surface area (Å²) >= 11 is 0. The van der Waals surface area contributed by atoms with Crippen LogP contribution in [0.25, 0.3) is 10.9 Å². The molecule has 2 aromatic carbocycles. The lowest BCUT2D eigenvalue weighted by molar-refractivity contribution is -0.142. The van der Waals surface area contributed by atoms with Crippen molar-refractivity contribution in [2.45, 2.75) is 64.1 Å². The molecular formula is C32H36FN7O3. The lowest BCUT2D eigenvalue weighted by Crippen LogP contribution is -2.53. The number of amides is 3. The molecule has 2 aromatic heterocycles. The topological polar surface area (TPSA) is 116 Å². The molecule has 6 rings (SSSR count). The minimum Gasteiger partial charge on any atom is -0.351 e. The van der Waals surface area contributed by atoms with Crippen molar-refractivity contribution >= 4 is 28.6 Å². The van der Waals surface area contributed by atoms with E-state index in [2.05, 4.69) is 15.4 Å². The average Bonchev–Trinajstić information content (AvgIpc) is 3.60. The first-order valence-corrected chi connectivity index (χ1v) is 15.0. The van der Waals surface area contributed by atoms with Crippen molar-refractivity contribution in [3.05, 3.63) is 83.3 Å². The maximum Gasteiger partial charge on any atom is 0.270 e. The number of carbonyl (C=O) groups excluding carboxylic acids is 3. The standard InChI is InChI=1S/C32H36FN7O3/c1-21-34-30-26(18-22-8-3-2-4-9-22)36-31(42)28-10-5-6-15-39(28)29(41)11-7-14-38(16-17-40(30)37-21)32(43)27-20-23-19-24(33)12-13-25(23)35-27/h2-4,8-9,12-13,19-20,26,28,35H,5-7,10-11,14-18H2,1H3,(H,36,42)/t26-,28+/m1/s1. The van der Waals surface area contributed by atoms with Gasteiger partial charge >= 0.3 is 0 Å². The fourth-order valence-corrected chi connectivity index (χ4v) is 6.21. The van der Waals surface area contributed by atoms with Crippen molar-refractivity contribution < 1.29 is 18.8 Å². The van der Waals surface area contributed by atoms with Crippen LogP contribution in [-0.2, 0) is 22.6 Å². The molecule has 10 nitrogen and oxygen atoms in total. The Kier molecular flexibility index (Phi) is 8.22. The molecule has 0 unspecified atom stereocenters. The number of piperidine rings is 1. The fourth-order valence-electron chi connectivity index (χ4n) is 6.21. The van der Waals surface area contributed by atoms with E-state index in [4.69, 9.17) is 4.98 Å². The SMILES string of the molecule is Cc1nc2n(n1)CCN(C(=O)c1cc3cc(F)ccc3[nH]1)CCCC(=O)N1CCCC[C@H]1C(=O)N[C@@H]2Cc1ccccc1. The van der Waals surface area contributed by atoms with Gasteiger partial charge in [0.15, 0.2) is 0 Å². The maximum atomic E-state index is 13.8. The summed E-state index contributed by atoms with van der Waals surface area (Å²) in [5, 5.41) is 8.48. The zero-order valence-electron chi connectivity index (χ0n) is 24.3. The van der Waals surface area contributed by atoms with Crippen LogP contribution in [0.5, 0.6) is 0 Å². The molecule has 4 heterocycles. The van der Waals surface area contributed by atoms with Gasteiger partial charge in [-0.1, -0.05) is 30.3 Å². The number of H-pyrrole nitrogens is 1. The molecule has 0 bridgehead atoms. The Morgan fingerprint density at radius 1 is 1.00 bits per heavy atom. The van der Waals surface area contributed by atoms with Crippen LogP contribution in [0.15, 0.2) is 54.6 Å². The smallest absolute Gasteiger partial charge is 0.270 e. The molecule has 0 saturated carbocycles. The van der Waals surface area contributed by atoms with Crippen molar-refractivity contribution in [2.75, 3.05) is 19.6 Å². The van der Waals surface area contributed by atoms with E-state index in [0.29, 0.717) is 73.7 Å². The summed E-state index contributed by atoms with van der Waals surface area (Å²) in [6.07, 6.45) is 3.50. The molecule has 11 heteroatoms. The predicted octanol–water partition coefficient (Wildman–Crippen LogP) is 3.92. The number of aryl methyl sites for hydroxylation is 1. The van der Waals surface area contributed by atoms with Crippen LogP contribution in [-0.4, -0.2) is 72.9 Å². The maximum absolute atomic E-state index is 13.8. The number of nitrogens with zero attached hydrogens (tertiary/aromatic N) is 5. The van der Waals surface area contributed by atoms with E-state index in [-0.39, 0.29) is 30.0 Å². The van der Waals surface area contributed by atoms with Gasteiger partial charge in [0.25, 0.3) is 5.91 Å². The van der Waals surface area contributed by atoms with E-state index in [1.54, 1.807) is 26.6 Å². The molecule has 1 saturated heterocycles. The van der Waals surface area contributed by atoms with Crippen LogP contribution in [0, 0.1) is 12.7 Å². The zero-order valence-corrected chi connectivity index (χ0v) is 24.3. The fraction of sp³-hybridized carbons (Fsp3) is 0.406. The largest absolute Gasteiger partial charge is 0.351 e. The number of rotatable bonds is 3. The molecule has 224 valence electrons. The molecule has 43 heavy (non-hydrogen) atoms. The van der Waals surface area contributed by atoms with Gasteiger partial charge in [-0.15, -0.1) is 0 Å². The third-order valence-corrected chi connectivity index (χ3v) is 8.34. The highest BCUT2D eigenvalue weighted by atomic mass is 19.1. The van der Waals surface area contributed by atoms with E-state index >= 15 is 0 Å². The van der Waals surface area contributed by atoms with Gasteiger partial charge in [-0.2, -0.15) is 5.10 Å². The molecule has 1 fully saturated rings. The van der Waals surface area contributed by atoms with E-state index < -0.39 is 12.1 Å². The van der Waals surface area contributed by atoms with Gasteiger partial charge in [-0.25, -0.2) is 14.1 Å². The van der Waals surface area contributed by atoms with Crippen molar-refractivity contribution in [2.24, 2.45) is 0 Å². The summed E-state index contributed by atoms with van der Waals surface area (Å²) in [5.74, 6) is 0.309. The second-order valence-electron chi connectivity index (χ2n) is 11.4. The first-order valence-electron chi connectivity index (χ1n) is 15.0. The Morgan fingerprint density at radius 3 is 2.67 bits per heavy atom. The quantitative estimate of drug-likeness (QED) is 0.378. The second-order valence-corrected chi connectivity index (χ2v) is 11.4. The van der Waals surface area contributed by atoms with Crippen molar-refractivity contribution in [3.63, 3.8) is 0 Å². The van der Waals surface area contributed by atoms with Gasteiger partial charge in [0.05, 0.1) is 12.6 Å². The third-order valence-electron chi connectivity index (χ3n) is 8.34. The molecule has 0 aliphatic carbocycles. The van der Waals surface area contributed by atoms with Gasteiger partial charge in [-0.3, -0.25) is 14.4 Å². The molecule has 4 aromatic rings. The lowest BCUT2D eigenvalue weighted by atomic mass is 9.99. The molecule has 2 aliphatic rings. The van der Waals surface area contributed by atoms with Gasteiger partial charge in [0.2, 0.25) is 11.8 Å². The first-order chi connectivity index (χ1) is 20.9. The van der Waals surface area contributed by atoms with Gasteiger partial charge in [-0.05, 0) is 68.9 Å². The van der Waals surface area contributed by atoms with Crippen LogP contribution in [0.2, 0.25) is 0 Å². The second kappa shape index (κ2) is 12.4. The average molecular weight is 586 g/mol. The number of hydrogen-bond acceptors (Lipinski definition) is 5. The first kappa shape index (κ1) is 28.6. The molecule has 2 atom stereocenters. The van der Waals surface area contributed by atoms with Gasteiger partial charge in [0.1, 0.15) is 29.2 Å². The Labute approximate surface area is 249 Å². The number of carbonyl (C=O) groups is 3. The molecular weight excluding hydrogens is 549 g/mol. The van der Waals surface area contributed by atoms with Crippen LogP contribution < -0.4 is 5.32 Å². The van der Waals surface area contributed by atoms with Crippen molar-refractivity contribution in [1.29, 1.82) is 0 Å². The minimum absolute atomic E-state index is 0.0796. The zero-order chi connectivity index (χ0) is 29.9. The van der Waals surface area contributed by atoms with Gasteiger partial charge < -0.3 is 20.1 Å². The van der Waals surface area contributed by atoms with Crippen LogP contribution >= 0.6 is 0 Å². The summed E-state index contributed by atoms with van der Waals surface area (Å²) in [6, 6.07) is 14.9. The van der Waals surface area contributed by atoms with E-state index in [9.17, 15) is 18.8 Å². The Balaban J connectivity index is 1.34. The number of nitrogens with one attached hydrogen (secondary N) is 2. The minimum atomic E-state index is -0.551. The summed E-state index contributed by atoms with van der Waals surface area (Å²) in [4.78, 5) is 52.2. The Bertz CT molecular complexity index is 1630. The van der Waals surface area contributed by atoms with E-state index in [0.717, 1.165) is 18.4 Å². The predicted molar refractivity (Wildman–Crippen MR) is 159 cm³/mol. The molecule has 2 N–H and O–H groups in total. The summed E-state index contributed by atoms with van der Waals surface area (Å²) in [5.41, 5.74) is 2.06. The summed E-state index contributed by atoms with van der Waals surface area (Å²) in [6.45, 7) is 3.34. The number of fused-ring (bicyclic) bond motifs is 3. The monoisotopic (exact) mass is 585 g/mol. The lowest BCUT2D eigenvalue weighted by Gasteiger charge is -2.36. The van der Waals surface area contributed by atoms with Crippen LogP contribution in [0.1, 0.15) is 65.8 Å². The Hall–Kier alpha value is -4.54. The third kappa shape index (κ3) is 6.30. The highest BCUT2D eigenvalue weighted by Crippen LogP contribution is 2.24. The van der Waals surface area contributed by atoms with E-state index in [1.807, 2.05) is 37.3 Å². The number of aromatic amines is 1. The number of benzene rings is 2. The molecule has 0 spiro atoms. The normalized spacial score (nSPS) is 20.3. The van der Waals surface area contributed by atoms with Crippen LogP contribution in [0.4, 0.5) is 4.39 Å².